The molecule has 5 heteroatoms. The molecular weight excluding hydrogens is 338 g/mol. The van der Waals surface area contributed by atoms with Crippen molar-refractivity contribution in [2.75, 3.05) is 30.3 Å². The molecule has 0 atom stereocenters. The third-order valence-corrected chi connectivity index (χ3v) is 4.99. The Balaban J connectivity index is 1.55. The van der Waals surface area contributed by atoms with Gasteiger partial charge in [-0.25, -0.2) is 0 Å². The summed E-state index contributed by atoms with van der Waals surface area (Å²) in [6.07, 6.45) is 2.14. The maximum atomic E-state index is 12.5. The Morgan fingerprint density at radius 1 is 1.00 bits per heavy atom. The molecule has 1 aliphatic rings. The van der Waals surface area contributed by atoms with Crippen LogP contribution in [0.2, 0.25) is 0 Å². The first-order valence-electron chi connectivity index (χ1n) is 9.46. The van der Waals surface area contributed by atoms with Crippen molar-refractivity contribution in [2.45, 2.75) is 32.6 Å². The molecule has 1 aliphatic heterocycles. The second-order valence-electron chi connectivity index (χ2n) is 7.24. The van der Waals surface area contributed by atoms with Crippen molar-refractivity contribution in [3.63, 3.8) is 0 Å². The Morgan fingerprint density at radius 3 is 2.37 bits per heavy atom. The summed E-state index contributed by atoms with van der Waals surface area (Å²) in [6, 6.07) is 16.2. The van der Waals surface area contributed by atoms with Gasteiger partial charge in [-0.15, -0.1) is 0 Å². The van der Waals surface area contributed by atoms with Crippen molar-refractivity contribution in [3.05, 3.63) is 59.7 Å². The highest BCUT2D eigenvalue weighted by Gasteiger charge is 2.22. The molecule has 2 aromatic carbocycles. The van der Waals surface area contributed by atoms with Gasteiger partial charge in [0.25, 0.3) is 0 Å². The highest BCUT2D eigenvalue weighted by Crippen LogP contribution is 2.28. The smallest absolute Gasteiger partial charge is 0.238 e. The molecule has 0 aromatic heterocycles. The molecule has 0 radical (unpaired) electrons. The summed E-state index contributed by atoms with van der Waals surface area (Å²) in [6.45, 7) is 5.62. The third kappa shape index (κ3) is 5.41. The van der Waals surface area contributed by atoms with Gasteiger partial charge in [0.1, 0.15) is 0 Å². The van der Waals surface area contributed by atoms with Gasteiger partial charge < -0.3 is 10.6 Å². The number of carbonyl (C=O) groups is 2. The first-order chi connectivity index (χ1) is 13.0. The Labute approximate surface area is 160 Å². The van der Waals surface area contributed by atoms with Crippen molar-refractivity contribution in [3.8, 4) is 0 Å². The average molecular weight is 365 g/mol. The third-order valence-electron chi connectivity index (χ3n) is 4.99. The zero-order valence-electron chi connectivity index (χ0n) is 16.0. The van der Waals surface area contributed by atoms with E-state index in [2.05, 4.69) is 39.8 Å². The van der Waals surface area contributed by atoms with Gasteiger partial charge in [0.15, 0.2) is 0 Å². The van der Waals surface area contributed by atoms with Crippen LogP contribution in [0.5, 0.6) is 0 Å². The number of aryl methyl sites for hydroxylation is 1. The lowest BCUT2D eigenvalue weighted by molar-refractivity contribution is -0.117. The molecule has 0 saturated carbocycles. The summed E-state index contributed by atoms with van der Waals surface area (Å²) in [5.41, 5.74) is 3.70. The van der Waals surface area contributed by atoms with Gasteiger partial charge in [0.2, 0.25) is 11.8 Å². The second kappa shape index (κ2) is 8.82. The zero-order chi connectivity index (χ0) is 19.2. The molecule has 0 unspecified atom stereocenters. The fraction of sp³-hybridized carbons (Fsp3) is 0.364. The van der Waals surface area contributed by atoms with Crippen LogP contribution in [0, 0.1) is 6.92 Å². The highest BCUT2D eigenvalue weighted by atomic mass is 16.2. The molecule has 0 spiro atoms. The quantitative estimate of drug-likeness (QED) is 0.848. The maximum absolute atomic E-state index is 12.5. The average Bonchev–Trinajstić information content (AvgIpc) is 2.65. The lowest BCUT2D eigenvalue weighted by Gasteiger charge is -2.31. The highest BCUT2D eigenvalue weighted by molar-refractivity contribution is 5.99. The number of nitrogens with zero attached hydrogens (tertiary/aromatic N) is 1. The van der Waals surface area contributed by atoms with Crippen LogP contribution in [-0.4, -0.2) is 36.3 Å². The number of hydrogen-bond acceptors (Lipinski definition) is 3. The van der Waals surface area contributed by atoms with Gasteiger partial charge in [-0.2, -0.15) is 0 Å². The topological polar surface area (TPSA) is 61.4 Å². The van der Waals surface area contributed by atoms with Crippen molar-refractivity contribution in [2.24, 2.45) is 0 Å². The lowest BCUT2D eigenvalue weighted by Crippen LogP contribution is -2.38. The summed E-state index contributed by atoms with van der Waals surface area (Å²) in [5.74, 6) is 0.372. The normalized spacial score (nSPS) is 15.3. The zero-order valence-corrected chi connectivity index (χ0v) is 16.0. The van der Waals surface area contributed by atoms with E-state index >= 15 is 0 Å². The SMILES string of the molecule is CC(=O)Nc1ccc(C)cc1NC(=O)CN1CCC(c2ccccc2)CC1. The molecule has 3 rings (SSSR count). The van der Waals surface area contributed by atoms with Crippen molar-refractivity contribution >= 4 is 23.2 Å². The van der Waals surface area contributed by atoms with Gasteiger partial charge in [-0.05, 0) is 62.0 Å². The number of rotatable bonds is 5. The largest absolute Gasteiger partial charge is 0.325 e. The van der Waals surface area contributed by atoms with E-state index in [4.69, 9.17) is 0 Å². The van der Waals surface area contributed by atoms with Crippen LogP contribution in [0.1, 0.15) is 36.8 Å². The Bertz CT molecular complexity index is 796. The molecule has 0 bridgehead atoms. The molecule has 0 aliphatic carbocycles. The van der Waals surface area contributed by atoms with Crippen LogP contribution in [0.25, 0.3) is 0 Å². The summed E-state index contributed by atoms with van der Waals surface area (Å²) in [5, 5.41) is 5.72. The number of likely N-dealkylation sites (tertiary alicyclic amines) is 1. The van der Waals surface area contributed by atoms with Crippen molar-refractivity contribution < 1.29 is 9.59 Å². The summed E-state index contributed by atoms with van der Waals surface area (Å²) >= 11 is 0. The van der Waals surface area contributed by atoms with Gasteiger partial charge >= 0.3 is 0 Å². The van der Waals surface area contributed by atoms with E-state index in [-0.39, 0.29) is 11.8 Å². The van der Waals surface area contributed by atoms with Crippen molar-refractivity contribution in [1.29, 1.82) is 0 Å². The Kier molecular flexibility index (Phi) is 6.24. The predicted molar refractivity (Wildman–Crippen MR) is 109 cm³/mol. The fourth-order valence-electron chi connectivity index (χ4n) is 3.60. The lowest BCUT2D eigenvalue weighted by atomic mass is 9.89. The number of piperidine rings is 1. The van der Waals surface area contributed by atoms with Crippen LogP contribution in [-0.2, 0) is 9.59 Å². The molecule has 5 nitrogen and oxygen atoms in total. The van der Waals surface area contributed by atoms with Crippen LogP contribution >= 0.6 is 0 Å². The number of amides is 2. The molecule has 142 valence electrons. The first kappa shape index (κ1) is 19.1. The molecule has 1 fully saturated rings. The van der Waals surface area contributed by atoms with Gasteiger partial charge in [-0.3, -0.25) is 14.5 Å². The number of nitrogens with one attached hydrogen (secondary N) is 2. The van der Waals surface area contributed by atoms with E-state index in [1.165, 1.54) is 12.5 Å². The maximum Gasteiger partial charge on any atom is 0.238 e. The monoisotopic (exact) mass is 365 g/mol. The summed E-state index contributed by atoms with van der Waals surface area (Å²) in [7, 11) is 0. The van der Waals surface area contributed by atoms with E-state index in [9.17, 15) is 9.59 Å². The van der Waals surface area contributed by atoms with E-state index in [0.717, 1.165) is 31.5 Å². The first-order valence-corrected chi connectivity index (χ1v) is 9.46. The Morgan fingerprint density at radius 2 is 1.70 bits per heavy atom. The predicted octanol–water partition coefficient (Wildman–Crippen LogP) is 3.77. The minimum atomic E-state index is -0.155. The van der Waals surface area contributed by atoms with Crippen LogP contribution < -0.4 is 10.6 Å². The van der Waals surface area contributed by atoms with E-state index < -0.39 is 0 Å². The van der Waals surface area contributed by atoms with Gasteiger partial charge in [-0.1, -0.05) is 36.4 Å². The summed E-state index contributed by atoms with van der Waals surface area (Å²) < 4.78 is 0. The number of hydrogen-bond donors (Lipinski definition) is 2. The molecule has 2 amide bonds. The minimum Gasteiger partial charge on any atom is -0.325 e. The Hall–Kier alpha value is -2.66. The minimum absolute atomic E-state index is 0.0506. The fourth-order valence-corrected chi connectivity index (χ4v) is 3.60. The molecular formula is C22H27N3O2. The molecule has 1 saturated heterocycles. The standard InChI is InChI=1S/C22H27N3O2/c1-16-8-9-20(23-17(2)26)21(14-16)24-22(27)15-25-12-10-19(11-13-25)18-6-4-3-5-7-18/h3-9,14,19H,10-13,15H2,1-2H3,(H,23,26)(H,24,27). The van der Waals surface area contributed by atoms with Crippen LogP contribution in [0.15, 0.2) is 48.5 Å². The molecule has 2 aromatic rings. The van der Waals surface area contributed by atoms with Crippen LogP contribution in [0.3, 0.4) is 0 Å². The second-order valence-corrected chi connectivity index (χ2v) is 7.24. The molecule has 2 N–H and O–H groups in total. The van der Waals surface area contributed by atoms with Gasteiger partial charge in [0, 0.05) is 6.92 Å². The molecule has 1 heterocycles. The number of carbonyl (C=O) groups excluding carboxylic acids is 2. The number of anilines is 2. The summed E-state index contributed by atoms with van der Waals surface area (Å²) in [4.78, 5) is 26.1. The van der Waals surface area contributed by atoms with E-state index in [1.54, 1.807) is 0 Å². The molecule has 27 heavy (non-hydrogen) atoms. The van der Waals surface area contributed by atoms with Crippen LogP contribution in [0.4, 0.5) is 11.4 Å². The number of benzene rings is 2. The van der Waals surface area contributed by atoms with Crippen molar-refractivity contribution in [1.82, 2.24) is 4.90 Å². The van der Waals surface area contributed by atoms with E-state index in [1.807, 2.05) is 31.2 Å². The van der Waals surface area contributed by atoms with E-state index in [0.29, 0.717) is 23.8 Å². The van der Waals surface area contributed by atoms with Gasteiger partial charge in [0.05, 0.1) is 17.9 Å².